The molecule has 7 heteroatoms. The molecule has 2 aromatic rings. The zero-order valence-corrected chi connectivity index (χ0v) is 16.6. The quantitative estimate of drug-likeness (QED) is 0.508. The summed E-state index contributed by atoms with van der Waals surface area (Å²) in [5.41, 5.74) is 1.49. The minimum Gasteiger partial charge on any atom is -0.495 e. The van der Waals surface area contributed by atoms with Gasteiger partial charge in [0.2, 0.25) is 0 Å². The fourth-order valence-electron chi connectivity index (χ4n) is 2.50. The molecule has 4 nitrogen and oxygen atoms in total. The molecule has 0 aliphatic carbocycles. The summed E-state index contributed by atoms with van der Waals surface area (Å²) in [5.74, 6) is 1.13. The van der Waals surface area contributed by atoms with Crippen LogP contribution in [0, 0.1) is 0 Å². The number of hydrogen-bond donors (Lipinski definition) is 0. The number of halogens is 1. The number of thiocarbonyl (C=S) groups is 1. The molecule has 1 aliphatic heterocycles. The van der Waals surface area contributed by atoms with Crippen LogP contribution in [0.25, 0.3) is 6.08 Å². The lowest BCUT2D eigenvalue weighted by Crippen LogP contribution is -2.27. The lowest BCUT2D eigenvalue weighted by molar-refractivity contribution is -0.113. The predicted octanol–water partition coefficient (Wildman–Crippen LogP) is 5.15. The number of methoxy groups -OCH3 is 1. The van der Waals surface area contributed by atoms with E-state index in [4.69, 9.17) is 33.3 Å². The monoisotopic (exact) mass is 405 g/mol. The maximum absolute atomic E-state index is 12.8. The smallest absolute Gasteiger partial charge is 0.270 e. The van der Waals surface area contributed by atoms with Crippen molar-refractivity contribution in [1.82, 2.24) is 0 Å². The number of amides is 1. The van der Waals surface area contributed by atoms with E-state index in [1.807, 2.05) is 37.3 Å². The van der Waals surface area contributed by atoms with Gasteiger partial charge in [0.1, 0.15) is 11.5 Å². The number of thioether (sulfide) groups is 1. The van der Waals surface area contributed by atoms with Gasteiger partial charge in [-0.2, -0.15) is 0 Å². The summed E-state index contributed by atoms with van der Waals surface area (Å²) < 4.78 is 11.1. The topological polar surface area (TPSA) is 38.8 Å². The zero-order valence-electron chi connectivity index (χ0n) is 14.2. The Morgan fingerprint density at radius 2 is 2.08 bits per heavy atom. The van der Waals surface area contributed by atoms with Crippen LogP contribution in [0.15, 0.2) is 47.4 Å². The minimum absolute atomic E-state index is 0.178. The summed E-state index contributed by atoms with van der Waals surface area (Å²) in [5, 5.41) is 0.424. The van der Waals surface area contributed by atoms with Gasteiger partial charge in [-0.25, -0.2) is 0 Å². The second-order valence-electron chi connectivity index (χ2n) is 5.34. The molecular formula is C19H16ClNO3S2. The van der Waals surface area contributed by atoms with Gasteiger partial charge in [0, 0.05) is 0 Å². The summed E-state index contributed by atoms with van der Waals surface area (Å²) in [6.07, 6.45) is 1.81. The van der Waals surface area contributed by atoms with Crippen molar-refractivity contribution in [2.45, 2.75) is 6.92 Å². The van der Waals surface area contributed by atoms with Gasteiger partial charge in [0.25, 0.3) is 5.91 Å². The standard InChI is InChI=1S/C19H16ClNO3S2/c1-3-24-14-6-4-5-12(9-14)10-17-18(22)21(19(25)26-17)13-7-8-16(23-2)15(20)11-13/h4-11H,3H2,1-2H3/b17-10-. The van der Waals surface area contributed by atoms with Gasteiger partial charge in [0.15, 0.2) is 4.32 Å². The molecule has 0 unspecified atom stereocenters. The highest BCUT2D eigenvalue weighted by Crippen LogP contribution is 2.38. The molecule has 26 heavy (non-hydrogen) atoms. The van der Waals surface area contributed by atoms with E-state index in [1.165, 1.54) is 16.7 Å². The highest BCUT2D eigenvalue weighted by atomic mass is 35.5. The first kappa shape index (κ1) is 18.8. The molecule has 2 aromatic carbocycles. The van der Waals surface area contributed by atoms with Gasteiger partial charge in [-0.05, 0) is 48.9 Å². The molecular weight excluding hydrogens is 390 g/mol. The minimum atomic E-state index is -0.178. The molecule has 3 rings (SSSR count). The molecule has 0 aromatic heterocycles. The summed E-state index contributed by atoms with van der Waals surface area (Å²) in [6.45, 7) is 2.52. The number of carbonyl (C=O) groups is 1. The van der Waals surface area contributed by atoms with Crippen LogP contribution < -0.4 is 14.4 Å². The Morgan fingerprint density at radius 3 is 2.77 bits per heavy atom. The third-order valence-electron chi connectivity index (χ3n) is 3.65. The molecule has 0 spiro atoms. The van der Waals surface area contributed by atoms with Crippen LogP contribution in [0.4, 0.5) is 5.69 Å². The SMILES string of the molecule is CCOc1cccc(/C=C2\SC(=S)N(c3ccc(OC)c(Cl)c3)C2=O)c1. The molecule has 0 atom stereocenters. The molecule has 1 saturated heterocycles. The Labute approximate surface area is 166 Å². The van der Waals surface area contributed by atoms with Crippen molar-refractivity contribution in [1.29, 1.82) is 0 Å². The Kier molecular flexibility index (Phi) is 5.86. The average Bonchev–Trinajstić information content (AvgIpc) is 2.89. The van der Waals surface area contributed by atoms with Gasteiger partial charge in [-0.15, -0.1) is 0 Å². The highest BCUT2D eigenvalue weighted by Gasteiger charge is 2.33. The van der Waals surface area contributed by atoms with Crippen molar-refractivity contribution in [3.05, 3.63) is 58.0 Å². The van der Waals surface area contributed by atoms with Crippen LogP contribution in [0.1, 0.15) is 12.5 Å². The van der Waals surface area contributed by atoms with Crippen LogP contribution in [0.5, 0.6) is 11.5 Å². The Balaban J connectivity index is 1.89. The highest BCUT2D eigenvalue weighted by molar-refractivity contribution is 8.27. The van der Waals surface area contributed by atoms with Crippen molar-refractivity contribution in [2.75, 3.05) is 18.6 Å². The lowest BCUT2D eigenvalue weighted by atomic mass is 10.2. The number of rotatable bonds is 5. The van der Waals surface area contributed by atoms with Gasteiger partial charge in [0.05, 0.1) is 29.3 Å². The molecule has 1 heterocycles. The summed E-state index contributed by atoms with van der Waals surface area (Å²) in [7, 11) is 1.54. The molecule has 0 radical (unpaired) electrons. The molecule has 1 amide bonds. The van der Waals surface area contributed by atoms with Crippen LogP contribution >= 0.6 is 35.6 Å². The average molecular weight is 406 g/mol. The van der Waals surface area contributed by atoms with E-state index in [-0.39, 0.29) is 5.91 Å². The van der Waals surface area contributed by atoms with E-state index >= 15 is 0 Å². The third kappa shape index (κ3) is 3.87. The van der Waals surface area contributed by atoms with Gasteiger partial charge in [-0.1, -0.05) is 47.7 Å². The molecule has 1 fully saturated rings. The zero-order chi connectivity index (χ0) is 18.7. The van der Waals surface area contributed by atoms with Crippen molar-refractivity contribution < 1.29 is 14.3 Å². The summed E-state index contributed by atoms with van der Waals surface area (Å²) >= 11 is 12.8. The molecule has 1 aliphatic rings. The number of ether oxygens (including phenoxy) is 2. The number of hydrogen-bond acceptors (Lipinski definition) is 5. The van der Waals surface area contributed by atoms with Crippen molar-refractivity contribution in [3.8, 4) is 11.5 Å². The largest absolute Gasteiger partial charge is 0.495 e. The maximum Gasteiger partial charge on any atom is 0.270 e. The maximum atomic E-state index is 12.8. The second-order valence-corrected chi connectivity index (χ2v) is 7.42. The number of benzene rings is 2. The normalized spacial score (nSPS) is 15.7. The third-order valence-corrected chi connectivity index (χ3v) is 5.25. The van der Waals surface area contributed by atoms with Crippen LogP contribution in [0.2, 0.25) is 5.02 Å². The predicted molar refractivity (Wildman–Crippen MR) is 111 cm³/mol. The number of nitrogens with zero attached hydrogens (tertiary/aromatic N) is 1. The fourth-order valence-corrected chi connectivity index (χ4v) is 4.05. The second kappa shape index (κ2) is 8.12. The van der Waals surface area contributed by atoms with Crippen LogP contribution in [-0.4, -0.2) is 23.9 Å². The van der Waals surface area contributed by atoms with Gasteiger partial charge >= 0.3 is 0 Å². The van der Waals surface area contributed by atoms with E-state index in [2.05, 4.69) is 0 Å². The number of anilines is 1. The first-order valence-electron chi connectivity index (χ1n) is 7.88. The molecule has 0 saturated carbocycles. The molecule has 0 bridgehead atoms. The van der Waals surface area contributed by atoms with Crippen molar-refractivity contribution in [2.24, 2.45) is 0 Å². The summed E-state index contributed by atoms with van der Waals surface area (Å²) in [4.78, 5) is 14.9. The molecule has 0 N–H and O–H groups in total. The van der Waals surface area contributed by atoms with E-state index in [0.29, 0.717) is 32.3 Å². The first-order valence-corrected chi connectivity index (χ1v) is 9.48. The van der Waals surface area contributed by atoms with Gasteiger partial charge in [-0.3, -0.25) is 9.69 Å². The van der Waals surface area contributed by atoms with E-state index in [0.717, 1.165) is 11.3 Å². The Bertz CT molecular complexity index is 898. The lowest BCUT2D eigenvalue weighted by Gasteiger charge is -2.15. The van der Waals surface area contributed by atoms with E-state index in [1.54, 1.807) is 25.3 Å². The Hall–Kier alpha value is -2.02. The Morgan fingerprint density at radius 1 is 1.27 bits per heavy atom. The van der Waals surface area contributed by atoms with E-state index < -0.39 is 0 Å². The van der Waals surface area contributed by atoms with Gasteiger partial charge < -0.3 is 9.47 Å². The van der Waals surface area contributed by atoms with Crippen molar-refractivity contribution in [3.63, 3.8) is 0 Å². The molecule has 134 valence electrons. The number of carbonyl (C=O) groups excluding carboxylic acids is 1. The fraction of sp³-hybridized carbons (Fsp3) is 0.158. The van der Waals surface area contributed by atoms with Crippen LogP contribution in [0.3, 0.4) is 0 Å². The first-order chi connectivity index (χ1) is 12.5. The van der Waals surface area contributed by atoms with Crippen molar-refractivity contribution >= 4 is 57.6 Å². The summed E-state index contributed by atoms with van der Waals surface area (Å²) in [6, 6.07) is 12.7. The van der Waals surface area contributed by atoms with Crippen LogP contribution in [-0.2, 0) is 4.79 Å². The van der Waals surface area contributed by atoms with E-state index in [9.17, 15) is 4.79 Å².